The van der Waals surface area contributed by atoms with Gasteiger partial charge in [0.05, 0.1) is 23.0 Å². The average molecular weight is 614 g/mol. The Kier molecular flexibility index (Phi) is 12.8. The monoisotopic (exact) mass is 613 g/mol. The van der Waals surface area contributed by atoms with Crippen LogP contribution < -0.4 is 15.4 Å². The second kappa shape index (κ2) is 16.7. The van der Waals surface area contributed by atoms with Gasteiger partial charge in [0.25, 0.3) is 0 Å². The molecule has 2 aromatic rings. The van der Waals surface area contributed by atoms with Crippen LogP contribution in [0.1, 0.15) is 57.4 Å². The summed E-state index contributed by atoms with van der Waals surface area (Å²) in [4.78, 5) is 28.3. The number of rotatable bonds is 13. The largest absolute Gasteiger partial charge is 0.457 e. The van der Waals surface area contributed by atoms with Crippen molar-refractivity contribution in [2.24, 2.45) is 5.92 Å². The first kappa shape index (κ1) is 32.1. The van der Waals surface area contributed by atoms with Gasteiger partial charge in [-0.05, 0) is 55.5 Å². The molecule has 1 saturated heterocycles. The predicted molar refractivity (Wildman–Crippen MR) is 171 cm³/mol. The number of hydrogen-bond donors (Lipinski definition) is 2. The Morgan fingerprint density at radius 3 is 2.48 bits per heavy atom. The molecule has 2 aliphatic rings. The van der Waals surface area contributed by atoms with Crippen LogP contribution in [0.25, 0.3) is 0 Å². The fourth-order valence-electron chi connectivity index (χ4n) is 5.21. The van der Waals surface area contributed by atoms with Crippen molar-refractivity contribution in [3.8, 4) is 11.5 Å². The van der Waals surface area contributed by atoms with E-state index in [0.29, 0.717) is 29.1 Å². The van der Waals surface area contributed by atoms with Gasteiger partial charge in [-0.3, -0.25) is 9.69 Å². The number of nitrogens with zero attached hydrogens (tertiary/aromatic N) is 1. The quantitative estimate of drug-likeness (QED) is 0.255. The highest BCUT2D eigenvalue weighted by molar-refractivity contribution is 7.99. The Morgan fingerprint density at radius 2 is 1.76 bits per heavy atom. The second-order valence-corrected chi connectivity index (χ2v) is 12.5. The number of amides is 2. The van der Waals surface area contributed by atoms with Crippen LogP contribution in [0, 0.1) is 5.92 Å². The number of nitrogens with one attached hydrogen (secondary N) is 2. The molecule has 0 spiro atoms. The summed E-state index contributed by atoms with van der Waals surface area (Å²) in [5.41, 5.74) is 1.06. The molecular formula is C32H43N3O5S2. The highest BCUT2D eigenvalue weighted by atomic mass is 32.2. The van der Waals surface area contributed by atoms with Crippen LogP contribution in [0.2, 0.25) is 0 Å². The van der Waals surface area contributed by atoms with Gasteiger partial charge >= 0.3 is 6.09 Å². The van der Waals surface area contributed by atoms with Crippen molar-refractivity contribution in [1.82, 2.24) is 15.5 Å². The number of para-hydroxylation sites is 1. The lowest BCUT2D eigenvalue weighted by Gasteiger charge is -2.28. The molecule has 2 fully saturated rings. The summed E-state index contributed by atoms with van der Waals surface area (Å²) in [6.45, 7) is 2.51. The van der Waals surface area contributed by atoms with Gasteiger partial charge in [-0.1, -0.05) is 74.7 Å². The molecule has 8 nitrogen and oxygen atoms in total. The first-order valence-corrected chi connectivity index (χ1v) is 16.4. The molecule has 1 saturated carbocycles. The number of thiocarbonyl (C=S) groups is 1. The molecule has 4 rings (SSSR count). The van der Waals surface area contributed by atoms with E-state index in [-0.39, 0.29) is 24.7 Å². The van der Waals surface area contributed by atoms with E-state index < -0.39 is 12.1 Å². The van der Waals surface area contributed by atoms with Gasteiger partial charge in [-0.25, -0.2) is 4.79 Å². The zero-order valence-electron chi connectivity index (χ0n) is 24.6. The third-order valence-corrected chi connectivity index (χ3v) is 9.29. The van der Waals surface area contributed by atoms with Crippen LogP contribution in [-0.2, 0) is 20.8 Å². The van der Waals surface area contributed by atoms with Gasteiger partial charge in [-0.2, -0.15) is 0 Å². The van der Waals surface area contributed by atoms with E-state index in [1.165, 1.54) is 37.0 Å². The van der Waals surface area contributed by atoms with Gasteiger partial charge in [0.2, 0.25) is 5.91 Å². The van der Waals surface area contributed by atoms with Crippen LogP contribution in [0.5, 0.6) is 11.5 Å². The van der Waals surface area contributed by atoms with Crippen molar-refractivity contribution in [3.63, 3.8) is 0 Å². The van der Waals surface area contributed by atoms with Crippen molar-refractivity contribution >= 4 is 41.0 Å². The third-order valence-electron chi connectivity index (χ3n) is 7.85. The fourth-order valence-corrected chi connectivity index (χ4v) is 6.60. The van der Waals surface area contributed by atoms with Gasteiger partial charge in [0.1, 0.15) is 24.1 Å². The molecule has 1 unspecified atom stereocenters. The number of carbonyl (C=O) groups is 2. The van der Waals surface area contributed by atoms with Crippen LogP contribution in [0.4, 0.5) is 4.79 Å². The van der Waals surface area contributed by atoms with E-state index in [0.717, 1.165) is 29.9 Å². The minimum Gasteiger partial charge on any atom is -0.457 e. The third kappa shape index (κ3) is 9.88. The summed E-state index contributed by atoms with van der Waals surface area (Å²) in [5, 5.41) is 6.56. The van der Waals surface area contributed by atoms with Gasteiger partial charge in [0, 0.05) is 19.4 Å². The Hall–Kier alpha value is -2.82. The summed E-state index contributed by atoms with van der Waals surface area (Å²) < 4.78 is 16.5. The summed E-state index contributed by atoms with van der Waals surface area (Å²) >= 11 is 7.38. The predicted octanol–water partition coefficient (Wildman–Crippen LogP) is 6.29. The maximum Gasteiger partial charge on any atom is 0.411 e. The lowest BCUT2D eigenvalue weighted by molar-refractivity contribution is -0.125. The van der Waals surface area contributed by atoms with Crippen LogP contribution >= 0.6 is 24.0 Å². The van der Waals surface area contributed by atoms with Gasteiger partial charge in [0.15, 0.2) is 0 Å². The number of thioether (sulfide) groups is 1. The highest BCUT2D eigenvalue weighted by Crippen LogP contribution is 2.28. The van der Waals surface area contributed by atoms with Gasteiger partial charge in [-0.15, -0.1) is 11.8 Å². The molecule has 228 valence electrons. The van der Waals surface area contributed by atoms with Crippen LogP contribution in [0.15, 0.2) is 54.6 Å². The number of hydrogen-bond acceptors (Lipinski definition) is 7. The Balaban J connectivity index is 1.34. The maximum atomic E-state index is 13.5. The molecule has 1 aliphatic carbocycles. The number of carbonyl (C=O) groups excluding carboxylic acids is 2. The first-order chi connectivity index (χ1) is 20.4. The van der Waals surface area contributed by atoms with E-state index in [4.69, 9.17) is 26.4 Å². The highest BCUT2D eigenvalue weighted by Gasteiger charge is 2.37. The normalized spacial score (nSPS) is 18.6. The Morgan fingerprint density at radius 1 is 1.05 bits per heavy atom. The van der Waals surface area contributed by atoms with Crippen molar-refractivity contribution in [3.05, 3.63) is 60.2 Å². The van der Waals surface area contributed by atoms with Crippen LogP contribution in [0.3, 0.4) is 0 Å². The molecule has 0 aromatic heterocycles. The lowest BCUT2D eigenvalue weighted by atomic mass is 9.85. The molecule has 3 atom stereocenters. The topological polar surface area (TPSA) is 89.1 Å². The number of benzene rings is 2. The molecule has 2 aromatic carbocycles. The molecule has 0 radical (unpaired) electrons. The molecule has 10 heteroatoms. The summed E-state index contributed by atoms with van der Waals surface area (Å²) in [6.07, 6.45) is 7.38. The number of methoxy groups -OCH3 is 1. The molecular weight excluding hydrogens is 571 g/mol. The summed E-state index contributed by atoms with van der Waals surface area (Å²) in [6, 6.07) is 16.7. The maximum absolute atomic E-state index is 13.5. The van der Waals surface area contributed by atoms with E-state index >= 15 is 0 Å². The van der Waals surface area contributed by atoms with E-state index in [2.05, 4.69) is 10.6 Å². The standard InChI is InChI=1S/C32H43N3O5S2/c1-23(38-2)20-39-32(37)35-22-42-21-29(35)30(36)34-28(18-15-24-9-5-3-6-10-24)31(41)33-19-25-13-16-27(17-14-25)40-26-11-7-4-8-12-26/h4,7-8,11-14,16-17,23-24,28-29H,3,5-6,9-10,15,18-22H2,1-2H3,(H,33,41)(H,34,36)/t23?,28-,29+/m1/s1. The summed E-state index contributed by atoms with van der Waals surface area (Å²) in [7, 11) is 1.57. The average Bonchev–Trinajstić information content (AvgIpc) is 3.53. The van der Waals surface area contributed by atoms with E-state index in [1.54, 1.807) is 18.9 Å². The van der Waals surface area contributed by atoms with Crippen molar-refractivity contribution in [1.29, 1.82) is 0 Å². The Labute approximate surface area is 259 Å². The van der Waals surface area contributed by atoms with Crippen molar-refractivity contribution in [2.45, 2.75) is 76.6 Å². The first-order valence-electron chi connectivity index (χ1n) is 14.9. The van der Waals surface area contributed by atoms with E-state index in [1.807, 2.05) is 61.5 Å². The zero-order chi connectivity index (χ0) is 29.7. The van der Waals surface area contributed by atoms with Gasteiger partial charge < -0.3 is 24.8 Å². The zero-order valence-corrected chi connectivity index (χ0v) is 26.2. The molecule has 0 bridgehead atoms. The summed E-state index contributed by atoms with van der Waals surface area (Å²) in [5.74, 6) is 2.95. The second-order valence-electron chi connectivity index (χ2n) is 11.0. The number of ether oxygens (including phenoxy) is 3. The molecule has 1 heterocycles. The van der Waals surface area contributed by atoms with E-state index in [9.17, 15) is 9.59 Å². The SMILES string of the molecule is COC(C)COC(=O)N1CSC[C@H]1C(=O)N[C@H](CCC1CCCCC1)C(=S)NCc1ccc(Oc2ccccc2)cc1. The fraction of sp³-hybridized carbons (Fsp3) is 0.531. The van der Waals surface area contributed by atoms with Crippen molar-refractivity contribution in [2.75, 3.05) is 25.3 Å². The molecule has 42 heavy (non-hydrogen) atoms. The lowest BCUT2D eigenvalue weighted by Crippen LogP contribution is -2.53. The molecule has 2 N–H and O–H groups in total. The van der Waals surface area contributed by atoms with Crippen molar-refractivity contribution < 1.29 is 23.8 Å². The molecule has 1 aliphatic heterocycles. The molecule has 2 amide bonds. The Bertz CT molecular complexity index is 1140. The smallest absolute Gasteiger partial charge is 0.411 e. The van der Waals surface area contributed by atoms with Crippen LogP contribution in [-0.4, -0.2) is 65.4 Å². The minimum atomic E-state index is -0.600. The minimum absolute atomic E-state index is 0.141.